The number of aliphatic hydroxyl groups is 4. The van der Waals surface area contributed by atoms with Crippen molar-refractivity contribution < 1.29 is 106 Å². The Morgan fingerprint density at radius 1 is 0.663 bits per heavy atom. The first-order valence-corrected chi connectivity index (χ1v) is 33.3. The van der Waals surface area contributed by atoms with Gasteiger partial charge >= 0.3 is 18.0 Å². The molecule has 4 aliphatic carbocycles. The Balaban J connectivity index is 0.898. The van der Waals surface area contributed by atoms with Crippen LogP contribution in [0.2, 0.25) is 0 Å². The van der Waals surface area contributed by atoms with Crippen LogP contribution in [0.3, 0.4) is 0 Å². The number of esters is 2. The van der Waals surface area contributed by atoms with Crippen LogP contribution in [-0.2, 0) is 76.0 Å². The number of aliphatic hydroxyl groups excluding tert-OH is 4. The number of ether oxygens (including phenoxy) is 13. The molecule has 92 heavy (non-hydrogen) atoms. The van der Waals surface area contributed by atoms with Crippen molar-refractivity contribution in [2.45, 2.75) is 282 Å². The summed E-state index contributed by atoms with van der Waals surface area (Å²) in [5, 5.41) is 62.2. The van der Waals surface area contributed by atoms with Crippen LogP contribution in [0.15, 0.2) is 46.8 Å². The first-order valence-electron chi connectivity index (χ1n) is 33.3. The molecule has 10 rings (SSSR count). The third-order valence-corrected chi connectivity index (χ3v) is 22.3. The number of nitrogens with zero attached hydrogens (tertiary/aromatic N) is 1. The Hall–Kier alpha value is -4.48. The van der Waals surface area contributed by atoms with Crippen LogP contribution in [0.25, 0.3) is 0 Å². The summed E-state index contributed by atoms with van der Waals surface area (Å²) in [7, 11) is 2.48. The van der Waals surface area contributed by atoms with Gasteiger partial charge in [-0.1, -0.05) is 57.6 Å². The molecule has 25 nitrogen and oxygen atoms in total. The molecule has 0 aromatic carbocycles. The highest BCUT2D eigenvalue weighted by Gasteiger charge is 2.65. The summed E-state index contributed by atoms with van der Waals surface area (Å²) in [5.74, 6) is -6.67. The minimum atomic E-state index is -1.90. The van der Waals surface area contributed by atoms with Crippen LogP contribution in [0.1, 0.15) is 154 Å². The maximum absolute atomic E-state index is 15.6. The number of nitro groups is 1. The fourth-order valence-electron chi connectivity index (χ4n) is 17.5. The standard InChI is InChI=1S/C67H100N2O23/c1-30-23-44(71)42-25-32(3)46(87-53-29-65(11,69(78)79)59(39(10)86-53)68-64(77)81-14)19-15-31(2)41-17-16-40-56(66(41,12)60(73)55-61(74)67(42,28-30)92-63(55)76)33(4)24-34(5)57(40)91-52-27-48(54(37(8)84-52)62(75)80-13)89-49-22-20-47(36(7)83-49)88-51-26-45(72)58(38(9)85-51)90-50-21-18-43(70)35(6)82-50/h15-17,25,30,33-54,56-59,70-73H,18-24,26-29H2,1-14H3,(H,68,77)/b31-15+,32-25+,60-55+. The van der Waals surface area contributed by atoms with Gasteiger partial charge in [0, 0.05) is 54.8 Å². The molecule has 6 heterocycles. The van der Waals surface area contributed by atoms with Crippen LogP contribution >= 0.6 is 0 Å². The molecule has 0 radical (unpaired) electrons. The monoisotopic (exact) mass is 1300 g/mol. The number of hydrogen-bond donors (Lipinski definition) is 5. The van der Waals surface area contributed by atoms with E-state index in [2.05, 4.69) is 25.2 Å². The zero-order chi connectivity index (χ0) is 66.8. The van der Waals surface area contributed by atoms with Crippen molar-refractivity contribution in [3.05, 3.63) is 56.9 Å². The molecule has 30 unspecified atom stereocenters. The Morgan fingerprint density at radius 3 is 1.98 bits per heavy atom. The van der Waals surface area contributed by atoms with Gasteiger partial charge in [-0.3, -0.25) is 19.7 Å². The Labute approximate surface area is 539 Å². The van der Waals surface area contributed by atoms with Crippen molar-refractivity contribution in [2.24, 2.45) is 52.8 Å². The number of hydrogen-bond acceptors (Lipinski definition) is 23. The molecule has 0 aromatic rings. The summed E-state index contributed by atoms with van der Waals surface area (Å²) < 4.78 is 81.3. The van der Waals surface area contributed by atoms with E-state index >= 15 is 4.79 Å². The van der Waals surface area contributed by atoms with Crippen LogP contribution in [0.4, 0.5) is 4.79 Å². The molecule has 0 aromatic heterocycles. The summed E-state index contributed by atoms with van der Waals surface area (Å²) in [6, 6.07) is -1.09. The van der Waals surface area contributed by atoms with Crippen molar-refractivity contribution in [3.63, 3.8) is 0 Å². The van der Waals surface area contributed by atoms with E-state index in [0.717, 1.165) is 12.7 Å². The van der Waals surface area contributed by atoms with Crippen molar-refractivity contribution in [2.75, 3.05) is 14.2 Å². The van der Waals surface area contributed by atoms with Crippen LogP contribution in [-0.4, -0.2) is 191 Å². The lowest BCUT2D eigenvalue weighted by molar-refractivity contribution is -0.584. The third kappa shape index (κ3) is 13.5. The molecule has 10 aliphatic rings. The van der Waals surface area contributed by atoms with E-state index in [9.17, 15) is 44.9 Å². The minimum absolute atomic E-state index is 0.0589. The maximum Gasteiger partial charge on any atom is 0.407 e. The third-order valence-electron chi connectivity index (χ3n) is 22.3. The molecular weight excluding hydrogens is 1200 g/mol. The predicted octanol–water partition coefficient (Wildman–Crippen LogP) is 7.12. The molecule has 25 heteroatoms. The maximum atomic E-state index is 15.6. The average molecular weight is 1300 g/mol. The lowest BCUT2D eigenvalue weighted by Crippen LogP contribution is -2.65. The van der Waals surface area contributed by atoms with Crippen molar-refractivity contribution >= 4 is 23.8 Å². The fraction of sp³-hybridized carbons (Fsp3) is 0.821. The Bertz CT molecular complexity index is 2840. The minimum Gasteiger partial charge on any atom is -0.511 e. The number of rotatable bonds is 13. The highest BCUT2D eigenvalue weighted by atomic mass is 16.7. The molecule has 2 bridgehead atoms. The number of methoxy groups -OCH3 is 2. The average Bonchev–Trinajstić information content (AvgIpc) is 1.32. The number of ketones is 1. The lowest BCUT2D eigenvalue weighted by Gasteiger charge is -2.56. The zero-order valence-corrected chi connectivity index (χ0v) is 55.7. The first-order chi connectivity index (χ1) is 43.4. The zero-order valence-electron chi connectivity index (χ0n) is 55.7. The summed E-state index contributed by atoms with van der Waals surface area (Å²) in [4.78, 5) is 68.9. The van der Waals surface area contributed by atoms with Gasteiger partial charge in [-0.05, 0) is 116 Å². The Morgan fingerprint density at radius 2 is 1.30 bits per heavy atom. The quantitative estimate of drug-likeness (QED) is 0.0306. The van der Waals surface area contributed by atoms with E-state index in [1.165, 1.54) is 14.0 Å². The van der Waals surface area contributed by atoms with E-state index in [-0.39, 0.29) is 56.3 Å². The van der Waals surface area contributed by atoms with Crippen molar-refractivity contribution in [1.29, 1.82) is 0 Å². The highest BCUT2D eigenvalue weighted by Crippen LogP contribution is 2.61. The lowest BCUT2D eigenvalue weighted by atomic mass is 9.49. The van der Waals surface area contributed by atoms with Gasteiger partial charge in [0.15, 0.2) is 37.1 Å². The second-order valence-electron chi connectivity index (χ2n) is 28.8. The van der Waals surface area contributed by atoms with Crippen LogP contribution < -0.4 is 5.32 Å². The normalized spacial score (nSPS) is 49.5. The van der Waals surface area contributed by atoms with Gasteiger partial charge in [0.1, 0.15) is 29.4 Å². The number of alkyl carbamates (subject to hydrolysis) is 1. The van der Waals surface area contributed by atoms with Gasteiger partial charge in [0.2, 0.25) is 11.3 Å². The van der Waals surface area contributed by atoms with Crippen LogP contribution in [0, 0.1) is 62.9 Å². The molecule has 2 saturated carbocycles. The second kappa shape index (κ2) is 27.9. The summed E-state index contributed by atoms with van der Waals surface area (Å²) in [6.45, 7) is 21.9. The fourth-order valence-corrected chi connectivity index (χ4v) is 17.5. The second-order valence-corrected chi connectivity index (χ2v) is 28.8. The number of amides is 1. The molecule has 1 spiro atoms. The molecule has 1 amide bonds. The van der Waals surface area contributed by atoms with E-state index < -0.39 is 203 Å². The summed E-state index contributed by atoms with van der Waals surface area (Å²) in [5.41, 5.74) is -4.20. The molecular formula is C67H100N2O23. The molecule has 6 saturated heterocycles. The van der Waals surface area contributed by atoms with E-state index in [1.54, 1.807) is 33.8 Å². The van der Waals surface area contributed by atoms with E-state index in [0.29, 0.717) is 37.7 Å². The summed E-state index contributed by atoms with van der Waals surface area (Å²) >= 11 is 0. The van der Waals surface area contributed by atoms with Gasteiger partial charge in [-0.2, -0.15) is 0 Å². The Kier molecular flexibility index (Phi) is 21.3. The molecule has 30 atom stereocenters. The number of nitrogens with one attached hydrogen (secondary N) is 1. The number of carbonyl (C=O) groups excluding carboxylic acids is 4. The van der Waals surface area contributed by atoms with Crippen molar-refractivity contribution in [1.82, 2.24) is 5.32 Å². The predicted molar refractivity (Wildman–Crippen MR) is 325 cm³/mol. The first kappa shape index (κ1) is 70.3. The van der Waals surface area contributed by atoms with Gasteiger partial charge in [-0.15, -0.1) is 0 Å². The number of fused-ring (bicyclic) bond motifs is 4. The molecule has 8 fully saturated rings. The molecule has 5 N–H and O–H groups in total. The molecule has 516 valence electrons. The van der Waals surface area contributed by atoms with Gasteiger partial charge in [-0.25, -0.2) is 9.59 Å². The van der Waals surface area contributed by atoms with Gasteiger partial charge in [0.05, 0.1) is 99.8 Å². The van der Waals surface area contributed by atoms with Crippen molar-refractivity contribution in [3.8, 4) is 0 Å². The topological polar surface area (TPSA) is 324 Å². The smallest absolute Gasteiger partial charge is 0.407 e. The van der Waals surface area contributed by atoms with Crippen LogP contribution in [0.5, 0.6) is 0 Å². The summed E-state index contributed by atoms with van der Waals surface area (Å²) in [6.07, 6.45) is -3.21. The van der Waals surface area contributed by atoms with Gasteiger partial charge < -0.3 is 87.3 Å². The van der Waals surface area contributed by atoms with E-state index in [4.69, 9.17) is 61.6 Å². The van der Waals surface area contributed by atoms with Gasteiger partial charge in [0.25, 0.3) is 0 Å². The number of carbonyl (C=O) groups is 4. The highest BCUT2D eigenvalue weighted by molar-refractivity contribution is 6.26. The SMILES string of the molecule is COC(=O)NC1C(C)OC(OC2C/C=C(\C)C3C=CC4C(OC5CC(OC6CCC(OC7CC(O)C(OC8CCC(O)C(C)O8)C(C)O7)C(C)O6)C(C(=O)OC)C(C)O5)C(C)CC(C)C4C3(C)/C(O)=C3\C(=O)OC4(CC(C)CC(O)C4/C=C/2C)C3=O)CC1(C)[N+](=O)[O-]. The number of allylic oxidation sites excluding steroid dienone is 3. The largest absolute Gasteiger partial charge is 0.511 e. The number of Topliss-reactive ketones (excluding diaryl/α,β-unsaturated/α-hetero) is 1. The van der Waals surface area contributed by atoms with E-state index in [1.807, 2.05) is 46.8 Å². The molecule has 6 aliphatic heterocycles.